The predicted octanol–water partition coefficient (Wildman–Crippen LogP) is 2.58. The van der Waals surface area contributed by atoms with Crippen molar-refractivity contribution >= 4 is 33.3 Å². The van der Waals surface area contributed by atoms with Gasteiger partial charge in [0, 0.05) is 18.7 Å². The highest BCUT2D eigenvalue weighted by Gasteiger charge is 2.19. The minimum atomic E-state index is -3.60. The number of nitrogens with one attached hydrogen (secondary N) is 1. The minimum absolute atomic E-state index is 0.0137. The molecule has 27 heavy (non-hydrogen) atoms. The van der Waals surface area contributed by atoms with Crippen molar-refractivity contribution in [2.75, 3.05) is 29.5 Å². The van der Waals surface area contributed by atoms with Gasteiger partial charge in [-0.15, -0.1) is 0 Å². The molecule has 7 nitrogen and oxygen atoms in total. The third-order valence-corrected chi connectivity index (χ3v) is 5.13. The molecule has 1 N–H and O–H groups in total. The number of hydrogen-bond acceptors (Lipinski definition) is 5. The maximum atomic E-state index is 12.2. The summed E-state index contributed by atoms with van der Waals surface area (Å²) in [4.78, 5) is 23.7. The molecule has 0 unspecified atom stereocenters. The van der Waals surface area contributed by atoms with Gasteiger partial charge < -0.3 is 10.1 Å². The zero-order valence-electron chi connectivity index (χ0n) is 15.4. The molecule has 0 saturated carbocycles. The van der Waals surface area contributed by atoms with Crippen molar-refractivity contribution in [2.45, 2.75) is 13.3 Å². The summed E-state index contributed by atoms with van der Waals surface area (Å²) in [6, 6.07) is 13.3. The molecule has 0 spiro atoms. The second-order valence-corrected chi connectivity index (χ2v) is 7.89. The number of nitrogens with zero attached hydrogens (tertiary/aromatic N) is 1. The average Bonchev–Trinajstić information content (AvgIpc) is 2.62. The predicted molar refractivity (Wildman–Crippen MR) is 104 cm³/mol. The second-order valence-electron chi connectivity index (χ2n) is 5.99. The molecule has 0 aliphatic heterocycles. The van der Waals surface area contributed by atoms with E-state index in [9.17, 15) is 18.0 Å². The first kappa shape index (κ1) is 20.4. The number of anilines is 2. The van der Waals surface area contributed by atoms with Gasteiger partial charge in [-0.1, -0.05) is 18.2 Å². The van der Waals surface area contributed by atoms with Crippen LogP contribution >= 0.6 is 0 Å². The van der Waals surface area contributed by atoms with Crippen molar-refractivity contribution in [3.8, 4) is 0 Å². The van der Waals surface area contributed by atoms with Gasteiger partial charge in [0.05, 0.1) is 24.6 Å². The molecule has 0 fully saturated rings. The van der Waals surface area contributed by atoms with E-state index >= 15 is 0 Å². The molecule has 0 atom stereocenters. The van der Waals surface area contributed by atoms with Crippen LogP contribution < -0.4 is 9.62 Å². The van der Waals surface area contributed by atoms with E-state index in [1.807, 2.05) is 25.1 Å². The Morgan fingerprint density at radius 2 is 1.70 bits per heavy atom. The van der Waals surface area contributed by atoms with Gasteiger partial charge in [0.25, 0.3) is 0 Å². The number of carbonyl (C=O) groups excluding carboxylic acids is 2. The highest BCUT2D eigenvalue weighted by Crippen LogP contribution is 2.20. The number of methoxy groups -OCH3 is 1. The van der Waals surface area contributed by atoms with Crippen LogP contribution in [0.3, 0.4) is 0 Å². The van der Waals surface area contributed by atoms with Crippen molar-refractivity contribution in [2.24, 2.45) is 0 Å². The Hall–Kier alpha value is -2.87. The molecular formula is C19H22N2O5S. The van der Waals surface area contributed by atoms with Crippen LogP contribution in [0.15, 0.2) is 48.5 Å². The van der Waals surface area contributed by atoms with Crippen LogP contribution in [0.5, 0.6) is 0 Å². The number of ether oxygens (including phenoxy) is 1. The summed E-state index contributed by atoms with van der Waals surface area (Å²) < 4.78 is 30.0. The molecule has 2 rings (SSSR count). The smallest absolute Gasteiger partial charge is 0.337 e. The van der Waals surface area contributed by atoms with Crippen LogP contribution in [0.2, 0.25) is 0 Å². The number of para-hydroxylation sites is 1. The number of rotatable bonds is 7. The lowest BCUT2D eigenvalue weighted by molar-refractivity contribution is -0.116. The standard InChI is InChI=1S/C19H22N2O5S/c1-14-6-4-5-7-17(14)20-18(22)12-13-21(27(3,24)25)16-10-8-15(9-11-16)19(23)26-2/h4-11H,12-13H2,1-3H3,(H,20,22). The van der Waals surface area contributed by atoms with E-state index in [0.29, 0.717) is 16.9 Å². The molecule has 0 saturated heterocycles. The summed E-state index contributed by atoms with van der Waals surface area (Å²) in [5, 5.41) is 2.78. The SMILES string of the molecule is COC(=O)c1ccc(N(CCC(=O)Nc2ccccc2C)S(C)(=O)=O)cc1. The van der Waals surface area contributed by atoms with Crippen LogP contribution in [0.1, 0.15) is 22.3 Å². The van der Waals surface area contributed by atoms with Gasteiger partial charge in [0.15, 0.2) is 0 Å². The summed E-state index contributed by atoms with van der Waals surface area (Å²) in [5.41, 5.74) is 2.29. The van der Waals surface area contributed by atoms with Crippen LogP contribution in [-0.2, 0) is 19.6 Å². The molecule has 2 aromatic carbocycles. The quantitative estimate of drug-likeness (QED) is 0.734. The summed E-state index contributed by atoms with van der Waals surface area (Å²) in [6.07, 6.45) is 1.06. The Morgan fingerprint density at radius 3 is 2.26 bits per heavy atom. The van der Waals surface area contributed by atoms with E-state index in [-0.39, 0.29) is 18.9 Å². The largest absolute Gasteiger partial charge is 0.465 e. The zero-order chi connectivity index (χ0) is 20.0. The lowest BCUT2D eigenvalue weighted by Crippen LogP contribution is -2.33. The van der Waals surface area contributed by atoms with Crippen molar-refractivity contribution in [3.63, 3.8) is 0 Å². The first-order valence-corrected chi connectivity index (χ1v) is 10.1. The van der Waals surface area contributed by atoms with Gasteiger partial charge in [0.1, 0.15) is 0 Å². The Morgan fingerprint density at radius 1 is 1.07 bits per heavy atom. The minimum Gasteiger partial charge on any atom is -0.465 e. The van der Waals surface area contributed by atoms with E-state index in [4.69, 9.17) is 0 Å². The molecule has 0 aromatic heterocycles. The number of carbonyl (C=O) groups is 2. The first-order chi connectivity index (χ1) is 12.7. The summed E-state index contributed by atoms with van der Waals surface area (Å²) in [5.74, 6) is -0.797. The third-order valence-electron chi connectivity index (χ3n) is 3.94. The molecule has 8 heteroatoms. The van der Waals surface area contributed by atoms with E-state index in [0.717, 1.165) is 16.1 Å². The first-order valence-electron chi connectivity index (χ1n) is 8.24. The Balaban J connectivity index is 2.10. The van der Waals surface area contributed by atoms with E-state index in [1.54, 1.807) is 6.07 Å². The van der Waals surface area contributed by atoms with Crippen molar-refractivity contribution in [1.29, 1.82) is 0 Å². The normalized spacial score (nSPS) is 10.9. The number of hydrogen-bond donors (Lipinski definition) is 1. The number of amides is 1. The van der Waals surface area contributed by atoms with Gasteiger partial charge >= 0.3 is 5.97 Å². The van der Waals surface area contributed by atoms with Gasteiger partial charge in [-0.3, -0.25) is 9.10 Å². The Kier molecular flexibility index (Phi) is 6.57. The van der Waals surface area contributed by atoms with E-state index in [1.165, 1.54) is 31.4 Å². The molecular weight excluding hydrogens is 368 g/mol. The number of benzene rings is 2. The van der Waals surface area contributed by atoms with Crippen molar-refractivity contribution in [1.82, 2.24) is 0 Å². The summed E-state index contributed by atoms with van der Waals surface area (Å²) >= 11 is 0. The van der Waals surface area contributed by atoms with Crippen LogP contribution in [0.4, 0.5) is 11.4 Å². The second kappa shape index (κ2) is 8.68. The Labute approximate surface area is 159 Å². The van der Waals surface area contributed by atoms with Gasteiger partial charge in [-0.05, 0) is 42.8 Å². The van der Waals surface area contributed by atoms with E-state index in [2.05, 4.69) is 10.1 Å². The zero-order valence-corrected chi connectivity index (χ0v) is 16.2. The molecule has 1 amide bonds. The van der Waals surface area contributed by atoms with Crippen molar-refractivity contribution < 1.29 is 22.7 Å². The summed E-state index contributed by atoms with van der Waals surface area (Å²) in [6.45, 7) is 1.86. The topological polar surface area (TPSA) is 92.8 Å². The van der Waals surface area contributed by atoms with Crippen LogP contribution in [0.25, 0.3) is 0 Å². The van der Waals surface area contributed by atoms with Crippen LogP contribution in [0, 0.1) is 6.92 Å². The fourth-order valence-electron chi connectivity index (χ4n) is 2.50. The fourth-order valence-corrected chi connectivity index (χ4v) is 3.42. The summed E-state index contributed by atoms with van der Waals surface area (Å²) in [7, 11) is -2.33. The van der Waals surface area contributed by atoms with Gasteiger partial charge in [-0.25, -0.2) is 13.2 Å². The maximum Gasteiger partial charge on any atom is 0.337 e. The average molecular weight is 390 g/mol. The van der Waals surface area contributed by atoms with Crippen LogP contribution in [-0.4, -0.2) is 40.2 Å². The fraction of sp³-hybridized carbons (Fsp3) is 0.263. The monoisotopic (exact) mass is 390 g/mol. The maximum absolute atomic E-state index is 12.2. The number of aryl methyl sites for hydroxylation is 1. The number of sulfonamides is 1. The molecule has 0 aliphatic rings. The molecule has 0 heterocycles. The molecule has 0 radical (unpaired) electrons. The molecule has 144 valence electrons. The highest BCUT2D eigenvalue weighted by atomic mass is 32.2. The lowest BCUT2D eigenvalue weighted by Gasteiger charge is -2.22. The van der Waals surface area contributed by atoms with Crippen molar-refractivity contribution in [3.05, 3.63) is 59.7 Å². The number of esters is 1. The molecule has 2 aromatic rings. The molecule has 0 aliphatic carbocycles. The van der Waals surface area contributed by atoms with Gasteiger partial charge in [-0.2, -0.15) is 0 Å². The Bertz CT molecular complexity index is 923. The van der Waals surface area contributed by atoms with Gasteiger partial charge in [0.2, 0.25) is 15.9 Å². The highest BCUT2D eigenvalue weighted by molar-refractivity contribution is 7.92. The lowest BCUT2D eigenvalue weighted by atomic mass is 10.2. The van der Waals surface area contributed by atoms with E-state index < -0.39 is 16.0 Å². The third kappa shape index (κ3) is 5.55. The molecule has 0 bridgehead atoms.